The number of nitrogens with zero attached hydrogens (tertiary/aromatic N) is 3. The summed E-state index contributed by atoms with van der Waals surface area (Å²) >= 11 is 2.43. The Hall–Kier alpha value is -3.18. The predicted octanol–water partition coefficient (Wildman–Crippen LogP) is 3.15. The number of thioether (sulfide) groups is 1. The first kappa shape index (κ1) is 23.0. The van der Waals surface area contributed by atoms with Gasteiger partial charge in [-0.05, 0) is 49.2 Å². The topological polar surface area (TPSA) is 117 Å². The zero-order chi connectivity index (χ0) is 23.4. The molecule has 0 radical (unpaired) electrons. The van der Waals surface area contributed by atoms with Gasteiger partial charge in [0.15, 0.2) is 4.34 Å². The van der Waals surface area contributed by atoms with Crippen LogP contribution in [0.1, 0.15) is 23.3 Å². The van der Waals surface area contributed by atoms with E-state index < -0.39 is 5.92 Å². The minimum absolute atomic E-state index is 0.0764. The molecule has 1 saturated heterocycles. The summed E-state index contributed by atoms with van der Waals surface area (Å²) < 4.78 is 5.74. The maximum atomic E-state index is 12.7. The van der Waals surface area contributed by atoms with Crippen molar-refractivity contribution in [2.24, 2.45) is 5.92 Å². The first-order valence-corrected chi connectivity index (χ1v) is 12.1. The van der Waals surface area contributed by atoms with E-state index in [-0.39, 0.29) is 29.9 Å². The number of carbonyl (C=O) groups is 3. The standard InChI is InChI=1S/C22H23N5O4S2/c1-13-5-6-16(8-14(13)2)27-11-15(9-19(27)29)20(30)24-21-25-26-22(33-21)32-12-18(28)23-10-17-4-3-7-31-17/h3-8,15H,9-12H2,1-2H3,(H,23,28)(H,24,25,30)/t15-/m1/s1. The SMILES string of the molecule is Cc1ccc(N2C[C@H](C(=O)Nc3nnc(SCC(=O)NCc4ccco4)s3)CC2=O)cc1C. The third-order valence-electron chi connectivity index (χ3n) is 5.30. The van der Waals surface area contributed by atoms with Crippen LogP contribution in [0.5, 0.6) is 0 Å². The van der Waals surface area contributed by atoms with Crippen LogP contribution in [0.3, 0.4) is 0 Å². The molecule has 0 saturated carbocycles. The maximum Gasteiger partial charge on any atom is 0.231 e. The number of amides is 3. The minimum atomic E-state index is -0.466. The number of nitrogens with one attached hydrogen (secondary N) is 2. The number of anilines is 2. The Kier molecular flexibility index (Phi) is 7.09. The molecule has 172 valence electrons. The molecule has 0 aliphatic carbocycles. The molecule has 3 heterocycles. The molecule has 2 N–H and O–H groups in total. The molecule has 1 aliphatic heterocycles. The van der Waals surface area contributed by atoms with Crippen molar-refractivity contribution in [2.45, 2.75) is 31.2 Å². The molecule has 0 bridgehead atoms. The van der Waals surface area contributed by atoms with Crippen molar-refractivity contribution in [2.75, 3.05) is 22.5 Å². The normalized spacial score (nSPS) is 15.6. The lowest BCUT2D eigenvalue weighted by Crippen LogP contribution is -2.28. The third-order valence-corrected chi connectivity index (χ3v) is 7.27. The smallest absolute Gasteiger partial charge is 0.231 e. The molecule has 1 aromatic carbocycles. The highest BCUT2D eigenvalue weighted by Crippen LogP contribution is 2.29. The summed E-state index contributed by atoms with van der Waals surface area (Å²) in [5.74, 6) is -0.118. The number of furan rings is 1. The van der Waals surface area contributed by atoms with Gasteiger partial charge in [-0.1, -0.05) is 29.2 Å². The fourth-order valence-electron chi connectivity index (χ4n) is 3.33. The Morgan fingerprint density at radius 3 is 2.85 bits per heavy atom. The van der Waals surface area contributed by atoms with E-state index in [1.165, 1.54) is 23.1 Å². The van der Waals surface area contributed by atoms with Gasteiger partial charge in [-0.3, -0.25) is 14.4 Å². The van der Waals surface area contributed by atoms with E-state index in [1.807, 2.05) is 32.0 Å². The van der Waals surface area contributed by atoms with Crippen LogP contribution < -0.4 is 15.5 Å². The first-order valence-electron chi connectivity index (χ1n) is 10.3. The highest BCUT2D eigenvalue weighted by Gasteiger charge is 2.35. The van der Waals surface area contributed by atoms with E-state index in [4.69, 9.17) is 4.42 Å². The monoisotopic (exact) mass is 485 g/mol. The summed E-state index contributed by atoms with van der Waals surface area (Å²) in [4.78, 5) is 38.8. The lowest BCUT2D eigenvalue weighted by molar-refractivity contribution is -0.122. The Bertz CT molecular complexity index is 1160. The zero-order valence-electron chi connectivity index (χ0n) is 18.2. The van der Waals surface area contributed by atoms with Crippen LogP contribution >= 0.6 is 23.1 Å². The summed E-state index contributed by atoms with van der Waals surface area (Å²) in [5, 5.41) is 13.8. The summed E-state index contributed by atoms with van der Waals surface area (Å²) in [5.41, 5.74) is 3.06. The first-order chi connectivity index (χ1) is 15.9. The second-order valence-electron chi connectivity index (χ2n) is 7.68. The van der Waals surface area contributed by atoms with E-state index in [9.17, 15) is 14.4 Å². The summed E-state index contributed by atoms with van der Waals surface area (Å²) in [6.45, 7) is 4.66. The van der Waals surface area contributed by atoms with Crippen LogP contribution in [0, 0.1) is 19.8 Å². The third kappa shape index (κ3) is 5.79. The fraction of sp³-hybridized carbons (Fsp3) is 0.318. The number of aromatic nitrogens is 2. The zero-order valence-corrected chi connectivity index (χ0v) is 19.8. The van der Waals surface area contributed by atoms with Gasteiger partial charge in [0.05, 0.1) is 24.5 Å². The molecular formula is C22H23N5O4S2. The predicted molar refractivity (Wildman–Crippen MR) is 126 cm³/mol. The average molecular weight is 486 g/mol. The number of carbonyl (C=O) groups excluding carboxylic acids is 3. The van der Waals surface area contributed by atoms with Crippen LogP contribution in [0.25, 0.3) is 0 Å². The lowest BCUT2D eigenvalue weighted by atomic mass is 10.1. The number of hydrogen-bond donors (Lipinski definition) is 2. The molecule has 0 spiro atoms. The van der Waals surface area contributed by atoms with E-state index in [0.717, 1.165) is 16.8 Å². The van der Waals surface area contributed by atoms with Gasteiger partial charge in [0, 0.05) is 18.7 Å². The van der Waals surface area contributed by atoms with Gasteiger partial charge in [-0.2, -0.15) is 0 Å². The van der Waals surface area contributed by atoms with Crippen molar-refractivity contribution in [3.8, 4) is 0 Å². The molecule has 1 aliphatic rings. The van der Waals surface area contributed by atoms with E-state index >= 15 is 0 Å². The molecule has 33 heavy (non-hydrogen) atoms. The second kappa shape index (κ2) is 10.2. The van der Waals surface area contributed by atoms with Crippen LogP contribution in [-0.2, 0) is 20.9 Å². The van der Waals surface area contributed by atoms with Gasteiger partial charge in [0.1, 0.15) is 5.76 Å². The van der Waals surface area contributed by atoms with Gasteiger partial charge >= 0.3 is 0 Å². The largest absolute Gasteiger partial charge is 0.467 e. The number of rotatable bonds is 8. The Balaban J connectivity index is 1.26. The highest BCUT2D eigenvalue weighted by molar-refractivity contribution is 8.01. The maximum absolute atomic E-state index is 12.7. The molecule has 1 fully saturated rings. The number of benzene rings is 1. The quantitative estimate of drug-likeness (QED) is 0.372. The molecular weight excluding hydrogens is 462 g/mol. The van der Waals surface area contributed by atoms with E-state index in [1.54, 1.807) is 23.3 Å². The average Bonchev–Trinajstić information content (AvgIpc) is 3.54. The van der Waals surface area contributed by atoms with Crippen molar-refractivity contribution in [3.05, 3.63) is 53.5 Å². The van der Waals surface area contributed by atoms with Crippen molar-refractivity contribution in [1.82, 2.24) is 15.5 Å². The van der Waals surface area contributed by atoms with Crippen molar-refractivity contribution in [3.63, 3.8) is 0 Å². The van der Waals surface area contributed by atoms with Crippen LogP contribution in [-0.4, -0.2) is 40.2 Å². The molecule has 11 heteroatoms. The molecule has 2 aromatic heterocycles. The number of aryl methyl sites for hydroxylation is 2. The molecule has 9 nitrogen and oxygen atoms in total. The molecule has 3 aromatic rings. The summed E-state index contributed by atoms with van der Waals surface area (Å²) in [6, 6.07) is 9.39. The second-order valence-corrected chi connectivity index (χ2v) is 9.88. The van der Waals surface area contributed by atoms with Gasteiger partial charge in [-0.15, -0.1) is 10.2 Å². The molecule has 4 rings (SSSR count). The number of hydrogen-bond acceptors (Lipinski definition) is 8. The molecule has 0 unspecified atom stereocenters. The fourth-order valence-corrected chi connectivity index (χ4v) is 4.91. The van der Waals surface area contributed by atoms with Gasteiger partial charge < -0.3 is 20.0 Å². The Morgan fingerprint density at radius 2 is 2.09 bits per heavy atom. The van der Waals surface area contributed by atoms with Gasteiger partial charge in [0.2, 0.25) is 22.9 Å². The van der Waals surface area contributed by atoms with Crippen LogP contribution in [0.4, 0.5) is 10.8 Å². The van der Waals surface area contributed by atoms with Crippen LogP contribution in [0.2, 0.25) is 0 Å². The molecule has 1 atom stereocenters. The Morgan fingerprint density at radius 1 is 1.24 bits per heavy atom. The summed E-state index contributed by atoms with van der Waals surface area (Å²) in [6.07, 6.45) is 1.70. The van der Waals surface area contributed by atoms with E-state index in [0.29, 0.717) is 28.3 Å². The molecule has 3 amide bonds. The lowest BCUT2D eigenvalue weighted by Gasteiger charge is -2.17. The van der Waals surface area contributed by atoms with Crippen molar-refractivity contribution >= 4 is 51.6 Å². The Labute approximate surface area is 198 Å². The van der Waals surface area contributed by atoms with Crippen molar-refractivity contribution in [1.29, 1.82) is 0 Å². The highest BCUT2D eigenvalue weighted by atomic mass is 32.2. The van der Waals surface area contributed by atoms with Crippen LogP contribution in [0.15, 0.2) is 45.4 Å². The van der Waals surface area contributed by atoms with Crippen molar-refractivity contribution < 1.29 is 18.8 Å². The van der Waals surface area contributed by atoms with E-state index in [2.05, 4.69) is 20.8 Å². The van der Waals surface area contributed by atoms with Gasteiger partial charge in [0.25, 0.3) is 0 Å². The summed E-state index contributed by atoms with van der Waals surface area (Å²) in [7, 11) is 0. The van der Waals surface area contributed by atoms with Gasteiger partial charge in [-0.25, -0.2) is 0 Å². The minimum Gasteiger partial charge on any atom is -0.467 e.